The van der Waals surface area contributed by atoms with Gasteiger partial charge in [0.25, 0.3) is 0 Å². The van der Waals surface area contributed by atoms with Crippen molar-refractivity contribution in [2.24, 2.45) is 0 Å². The summed E-state index contributed by atoms with van der Waals surface area (Å²) in [7, 11) is 0. The van der Waals surface area contributed by atoms with Crippen LogP contribution in [-0.2, 0) is 41.1 Å². The zero-order valence-electron chi connectivity index (χ0n) is 18.9. The average molecular weight is 606 g/mol. The first-order valence-electron chi connectivity index (χ1n) is 9.87. The van der Waals surface area contributed by atoms with Crippen LogP contribution in [-0.4, -0.2) is 4.26 Å². The Morgan fingerprint density at radius 3 is 1.83 bits per heavy atom. The Hall–Kier alpha value is -0.890. The number of rotatable bonds is 0. The molecule has 3 aromatic rings. The number of fused-ring (bicyclic) bond motifs is 3. The van der Waals surface area contributed by atoms with Crippen molar-refractivity contribution in [3.05, 3.63) is 89.0 Å². The average Bonchev–Trinajstić information content (AvgIpc) is 3.32. The normalized spacial score (nSPS) is 11.3. The van der Waals surface area contributed by atoms with Crippen molar-refractivity contribution < 1.29 is 48.7 Å². The van der Waals surface area contributed by atoms with E-state index in [-0.39, 0.29) is 35.6 Å². The molecule has 3 aromatic carbocycles. The van der Waals surface area contributed by atoms with Crippen LogP contribution >= 0.6 is 0 Å². The van der Waals surface area contributed by atoms with E-state index in [1.807, 2.05) is 30.3 Å². The molecular formula is C27H32Cl2Hf-2. The SMILES string of the molecule is CC(C)(C)c1c[c-]c2c(c1)-c1cc(C(C)(C)C)ccc1C2.[CH2]=[Hf+2].[Cl-].[Cl-].c1cc[cH-]c1. The first-order valence-corrected chi connectivity index (χ1v) is 12.4. The third kappa shape index (κ3) is 7.36. The first kappa shape index (κ1) is 29.1. The van der Waals surface area contributed by atoms with Crippen LogP contribution < -0.4 is 24.8 Å². The Balaban J connectivity index is 0.000000809. The standard InChI is InChI=1S/C21H25.C5H5.CH2.2ClH.Hf/c1-20(2,3)16-9-7-14-11-15-8-10-17(21(4,5)6)13-19(15)18(14)12-16;1-2-4-5-3-1;;;;/h7,9-10,12-13H,11H2,1-6H3;1-5H;1H2;2*1H;/q2*-1;;;;+2/p-2. The Morgan fingerprint density at radius 2 is 1.37 bits per heavy atom. The molecule has 0 N–H and O–H groups in total. The fourth-order valence-corrected chi connectivity index (χ4v) is 3.31. The van der Waals surface area contributed by atoms with E-state index in [0.29, 0.717) is 0 Å². The zero-order chi connectivity index (χ0) is 20.9. The van der Waals surface area contributed by atoms with E-state index in [0.717, 1.165) is 30.3 Å². The molecule has 0 amide bonds. The third-order valence-electron chi connectivity index (χ3n) is 5.08. The van der Waals surface area contributed by atoms with E-state index in [4.69, 9.17) is 0 Å². The van der Waals surface area contributed by atoms with Gasteiger partial charge in [0.15, 0.2) is 0 Å². The summed E-state index contributed by atoms with van der Waals surface area (Å²) in [5, 5.41) is 0. The second-order valence-corrected chi connectivity index (χ2v) is 9.29. The van der Waals surface area contributed by atoms with Crippen LogP contribution in [0, 0.1) is 6.07 Å². The molecule has 1 aliphatic carbocycles. The van der Waals surface area contributed by atoms with Gasteiger partial charge in [-0.05, 0) is 17.4 Å². The Labute approximate surface area is 210 Å². The van der Waals surface area contributed by atoms with E-state index in [1.165, 1.54) is 33.4 Å². The van der Waals surface area contributed by atoms with E-state index in [2.05, 4.69) is 82.2 Å². The molecule has 4 rings (SSSR count). The van der Waals surface area contributed by atoms with Gasteiger partial charge in [-0.25, -0.2) is 12.1 Å². The van der Waals surface area contributed by atoms with Gasteiger partial charge in [0.1, 0.15) is 0 Å². The van der Waals surface area contributed by atoms with Crippen molar-refractivity contribution in [3.8, 4) is 11.1 Å². The molecule has 0 nitrogen and oxygen atoms in total. The first-order chi connectivity index (χ1) is 13.2. The molecule has 0 spiro atoms. The molecule has 3 heteroatoms. The molecule has 0 fully saturated rings. The maximum Gasteiger partial charge on any atom is -0.172 e. The van der Waals surface area contributed by atoms with Crippen LogP contribution in [0.25, 0.3) is 11.1 Å². The molecule has 0 bridgehead atoms. The van der Waals surface area contributed by atoms with E-state index < -0.39 is 0 Å². The van der Waals surface area contributed by atoms with Gasteiger partial charge in [-0.3, -0.25) is 0 Å². The summed E-state index contributed by atoms with van der Waals surface area (Å²) in [6.07, 6.45) is 1.03. The van der Waals surface area contributed by atoms with Crippen molar-refractivity contribution in [2.45, 2.75) is 58.8 Å². The van der Waals surface area contributed by atoms with E-state index >= 15 is 0 Å². The number of hydrogen-bond acceptors (Lipinski definition) is 0. The van der Waals surface area contributed by atoms with Crippen molar-refractivity contribution in [1.82, 2.24) is 0 Å². The van der Waals surface area contributed by atoms with Crippen molar-refractivity contribution in [1.29, 1.82) is 0 Å². The second-order valence-electron chi connectivity index (χ2n) is 9.29. The summed E-state index contributed by atoms with van der Waals surface area (Å²) in [5.74, 6) is 0. The molecule has 0 atom stereocenters. The molecule has 0 saturated carbocycles. The smallest absolute Gasteiger partial charge is 0.172 e. The maximum atomic E-state index is 3.53. The van der Waals surface area contributed by atoms with Gasteiger partial charge in [0.05, 0.1) is 0 Å². The van der Waals surface area contributed by atoms with Gasteiger partial charge in [-0.1, -0.05) is 76.3 Å². The fourth-order valence-electron chi connectivity index (χ4n) is 3.31. The molecule has 0 saturated heterocycles. The predicted octanol–water partition coefficient (Wildman–Crippen LogP) is 1.03. The Morgan fingerprint density at radius 1 is 0.833 bits per heavy atom. The Kier molecular flexibility index (Phi) is 11.9. The monoisotopic (exact) mass is 606 g/mol. The van der Waals surface area contributed by atoms with Gasteiger partial charge in [-0.15, -0.1) is 5.56 Å². The molecule has 160 valence electrons. The van der Waals surface area contributed by atoms with Gasteiger partial charge in [0, 0.05) is 0 Å². The predicted molar refractivity (Wildman–Crippen MR) is 120 cm³/mol. The molecular weight excluding hydrogens is 574 g/mol. The van der Waals surface area contributed by atoms with Crippen molar-refractivity contribution in [2.75, 3.05) is 0 Å². The summed E-state index contributed by atoms with van der Waals surface area (Å²) in [6, 6.07) is 25.1. The van der Waals surface area contributed by atoms with Crippen LogP contribution in [0.1, 0.15) is 63.8 Å². The fraction of sp³-hybridized carbons (Fsp3) is 0.333. The maximum absolute atomic E-state index is 3.53. The molecule has 0 aromatic heterocycles. The molecule has 0 unspecified atom stereocenters. The van der Waals surface area contributed by atoms with E-state index in [9.17, 15) is 0 Å². The van der Waals surface area contributed by atoms with Crippen molar-refractivity contribution >= 4 is 4.26 Å². The number of halogens is 2. The summed E-state index contributed by atoms with van der Waals surface area (Å²) < 4.78 is 3.39. The van der Waals surface area contributed by atoms with E-state index in [1.54, 1.807) is 0 Å². The van der Waals surface area contributed by atoms with Gasteiger partial charge in [-0.2, -0.15) is 47.5 Å². The van der Waals surface area contributed by atoms with Crippen LogP contribution in [0.2, 0.25) is 0 Å². The summed E-state index contributed by atoms with van der Waals surface area (Å²) in [4.78, 5) is 0. The van der Waals surface area contributed by atoms with Crippen LogP contribution in [0.4, 0.5) is 0 Å². The van der Waals surface area contributed by atoms with Crippen LogP contribution in [0.5, 0.6) is 0 Å². The van der Waals surface area contributed by atoms with Crippen LogP contribution in [0.3, 0.4) is 0 Å². The number of hydrogen-bond donors (Lipinski definition) is 0. The summed E-state index contributed by atoms with van der Waals surface area (Å²) >= 11 is 1.06. The topological polar surface area (TPSA) is 0 Å². The largest absolute Gasteiger partial charge is 1.00 e. The van der Waals surface area contributed by atoms with Gasteiger partial charge >= 0.3 is 28.2 Å². The summed E-state index contributed by atoms with van der Waals surface area (Å²) in [6.45, 7) is 13.6. The van der Waals surface area contributed by atoms with Crippen molar-refractivity contribution in [3.63, 3.8) is 0 Å². The third-order valence-corrected chi connectivity index (χ3v) is 5.08. The van der Waals surface area contributed by atoms with Gasteiger partial charge < -0.3 is 24.8 Å². The zero-order valence-corrected chi connectivity index (χ0v) is 24.0. The quantitative estimate of drug-likeness (QED) is 0.208. The molecule has 1 aliphatic rings. The second kappa shape index (κ2) is 12.2. The summed E-state index contributed by atoms with van der Waals surface area (Å²) in [5.41, 5.74) is 8.76. The minimum absolute atomic E-state index is 0. The minimum Gasteiger partial charge on any atom is -1.00 e. The van der Waals surface area contributed by atoms with Crippen LogP contribution in [0.15, 0.2) is 60.7 Å². The number of benzene rings is 2. The molecule has 0 radical (unpaired) electrons. The minimum atomic E-state index is 0. The molecule has 0 aliphatic heterocycles. The van der Waals surface area contributed by atoms with Gasteiger partial charge in [0.2, 0.25) is 0 Å². The molecule has 0 heterocycles. The Bertz CT molecular complexity index is 819. The molecule has 30 heavy (non-hydrogen) atoms.